The molecule has 1 aromatic heterocycles. The Morgan fingerprint density at radius 3 is 2.69 bits per heavy atom. The molecule has 0 radical (unpaired) electrons. The molecule has 1 atom stereocenters. The van der Waals surface area contributed by atoms with E-state index in [1.165, 1.54) is 13.2 Å². The highest BCUT2D eigenvalue weighted by Gasteiger charge is 2.29. The van der Waals surface area contributed by atoms with E-state index in [1.807, 2.05) is 0 Å². The van der Waals surface area contributed by atoms with Crippen molar-refractivity contribution in [2.24, 2.45) is 0 Å². The molecular weight excluding hydrogens is 340 g/mol. The molecule has 0 aliphatic carbocycles. The number of nitro benzene ring substituents is 1. The van der Waals surface area contributed by atoms with Crippen molar-refractivity contribution in [3.8, 4) is 11.8 Å². The fourth-order valence-corrected chi connectivity index (χ4v) is 2.81. The average Bonchev–Trinajstić information content (AvgIpc) is 3.11. The van der Waals surface area contributed by atoms with Crippen molar-refractivity contribution < 1.29 is 19.2 Å². The fraction of sp³-hybridized carbons (Fsp3) is 0.353. The third-order valence-electron chi connectivity index (χ3n) is 4.14. The second-order valence-corrected chi connectivity index (χ2v) is 5.84. The SMILES string of the molecule is COc1ccc(OC2CCN(C(=O)Cc3ccccc3[N+](=O)[O-])C2)nn1. The average molecular weight is 358 g/mol. The Bertz CT molecular complexity index is 796. The van der Waals surface area contributed by atoms with Gasteiger partial charge < -0.3 is 14.4 Å². The predicted octanol–water partition coefficient (Wildman–Crippen LogP) is 1.62. The summed E-state index contributed by atoms with van der Waals surface area (Å²) in [4.78, 5) is 24.7. The molecule has 9 nitrogen and oxygen atoms in total. The zero-order valence-electron chi connectivity index (χ0n) is 14.2. The van der Waals surface area contributed by atoms with Crippen LogP contribution in [0.1, 0.15) is 12.0 Å². The maximum absolute atomic E-state index is 12.5. The molecule has 1 unspecified atom stereocenters. The minimum absolute atomic E-state index is 0.00772. The van der Waals surface area contributed by atoms with Crippen LogP contribution in [0, 0.1) is 10.1 Å². The summed E-state index contributed by atoms with van der Waals surface area (Å²) in [5, 5.41) is 18.8. The van der Waals surface area contributed by atoms with Gasteiger partial charge in [0.25, 0.3) is 5.69 Å². The molecule has 1 saturated heterocycles. The molecule has 136 valence electrons. The number of nitro groups is 1. The second-order valence-electron chi connectivity index (χ2n) is 5.84. The predicted molar refractivity (Wildman–Crippen MR) is 91.0 cm³/mol. The molecule has 9 heteroatoms. The Morgan fingerprint density at radius 1 is 1.27 bits per heavy atom. The standard InChI is InChI=1S/C17H18N4O5/c1-25-15-6-7-16(19-18-15)26-13-8-9-20(11-13)17(22)10-12-4-2-3-5-14(12)21(23)24/h2-7,13H,8-11H2,1H3. The smallest absolute Gasteiger partial charge is 0.273 e. The van der Waals surface area contributed by atoms with Crippen LogP contribution in [-0.4, -0.2) is 52.2 Å². The number of hydrogen-bond donors (Lipinski definition) is 0. The summed E-state index contributed by atoms with van der Waals surface area (Å²) < 4.78 is 10.7. The van der Waals surface area contributed by atoms with Crippen LogP contribution in [0.4, 0.5) is 5.69 Å². The lowest BCUT2D eigenvalue weighted by atomic mass is 10.1. The first-order valence-corrected chi connectivity index (χ1v) is 8.11. The highest BCUT2D eigenvalue weighted by atomic mass is 16.6. The van der Waals surface area contributed by atoms with Crippen LogP contribution < -0.4 is 9.47 Å². The van der Waals surface area contributed by atoms with E-state index < -0.39 is 4.92 Å². The van der Waals surface area contributed by atoms with Gasteiger partial charge in [0, 0.05) is 36.7 Å². The number of benzene rings is 1. The summed E-state index contributed by atoms with van der Waals surface area (Å²) in [6.45, 7) is 0.945. The second kappa shape index (κ2) is 7.77. The van der Waals surface area contributed by atoms with Crippen molar-refractivity contribution >= 4 is 11.6 Å². The molecule has 0 bridgehead atoms. The Kier molecular flexibility index (Phi) is 5.26. The van der Waals surface area contributed by atoms with Gasteiger partial charge in [-0.2, -0.15) is 0 Å². The minimum atomic E-state index is -0.471. The Balaban J connectivity index is 1.58. The lowest BCUT2D eigenvalue weighted by molar-refractivity contribution is -0.385. The summed E-state index contributed by atoms with van der Waals surface area (Å²) in [5.41, 5.74) is 0.370. The lowest BCUT2D eigenvalue weighted by Crippen LogP contribution is -2.32. The van der Waals surface area contributed by atoms with E-state index in [9.17, 15) is 14.9 Å². The van der Waals surface area contributed by atoms with Gasteiger partial charge in [0.05, 0.1) is 25.0 Å². The molecule has 0 N–H and O–H groups in total. The van der Waals surface area contributed by atoms with Crippen LogP contribution in [-0.2, 0) is 11.2 Å². The molecule has 1 aromatic carbocycles. The van der Waals surface area contributed by atoms with E-state index in [1.54, 1.807) is 35.2 Å². The highest BCUT2D eigenvalue weighted by molar-refractivity contribution is 5.80. The Labute approximate surface area is 149 Å². The van der Waals surface area contributed by atoms with Crippen LogP contribution in [0.5, 0.6) is 11.8 Å². The molecule has 3 rings (SSSR count). The number of aromatic nitrogens is 2. The highest BCUT2D eigenvalue weighted by Crippen LogP contribution is 2.21. The van der Waals surface area contributed by atoms with E-state index in [4.69, 9.17) is 9.47 Å². The van der Waals surface area contributed by atoms with E-state index in [-0.39, 0.29) is 24.1 Å². The Morgan fingerprint density at radius 2 is 2.00 bits per heavy atom. The van der Waals surface area contributed by atoms with Gasteiger partial charge in [0.15, 0.2) is 0 Å². The third kappa shape index (κ3) is 4.05. The summed E-state index contributed by atoms with van der Waals surface area (Å²) in [6, 6.07) is 9.59. The van der Waals surface area contributed by atoms with Crippen molar-refractivity contribution in [2.75, 3.05) is 20.2 Å². The number of amides is 1. The zero-order valence-corrected chi connectivity index (χ0v) is 14.2. The first-order valence-electron chi connectivity index (χ1n) is 8.11. The summed E-state index contributed by atoms with van der Waals surface area (Å²) in [6.07, 6.45) is 0.468. The monoisotopic (exact) mass is 358 g/mol. The summed E-state index contributed by atoms with van der Waals surface area (Å²) in [7, 11) is 1.50. The largest absolute Gasteiger partial charge is 0.480 e. The minimum Gasteiger partial charge on any atom is -0.480 e. The topological polar surface area (TPSA) is 108 Å². The maximum atomic E-state index is 12.5. The number of carbonyl (C=O) groups excluding carboxylic acids is 1. The molecule has 1 aliphatic heterocycles. The van der Waals surface area contributed by atoms with Crippen LogP contribution in [0.25, 0.3) is 0 Å². The number of ether oxygens (including phenoxy) is 2. The van der Waals surface area contributed by atoms with Gasteiger partial charge in [-0.25, -0.2) is 0 Å². The van der Waals surface area contributed by atoms with Gasteiger partial charge in [-0.3, -0.25) is 14.9 Å². The molecule has 1 aliphatic rings. The molecular formula is C17H18N4O5. The third-order valence-corrected chi connectivity index (χ3v) is 4.14. The number of rotatable bonds is 6. The van der Waals surface area contributed by atoms with Crippen LogP contribution in [0.15, 0.2) is 36.4 Å². The number of nitrogens with zero attached hydrogens (tertiary/aromatic N) is 4. The number of hydrogen-bond acceptors (Lipinski definition) is 7. The Hall–Kier alpha value is -3.23. The first-order chi connectivity index (χ1) is 12.6. The van der Waals surface area contributed by atoms with E-state index in [0.717, 1.165) is 0 Å². The van der Waals surface area contributed by atoms with Crippen LogP contribution in [0.3, 0.4) is 0 Å². The van der Waals surface area contributed by atoms with Gasteiger partial charge in [-0.15, -0.1) is 10.2 Å². The lowest BCUT2D eigenvalue weighted by Gasteiger charge is -2.17. The summed E-state index contributed by atoms with van der Waals surface area (Å²) >= 11 is 0. The van der Waals surface area contributed by atoms with Gasteiger partial charge in [0.1, 0.15) is 6.10 Å². The normalized spacial score (nSPS) is 16.3. The van der Waals surface area contributed by atoms with Gasteiger partial charge >= 0.3 is 0 Å². The van der Waals surface area contributed by atoms with E-state index >= 15 is 0 Å². The van der Waals surface area contributed by atoms with Crippen molar-refractivity contribution in [3.63, 3.8) is 0 Å². The molecule has 26 heavy (non-hydrogen) atoms. The van der Waals surface area contributed by atoms with Crippen molar-refractivity contribution in [2.45, 2.75) is 18.9 Å². The van der Waals surface area contributed by atoms with Crippen LogP contribution >= 0.6 is 0 Å². The molecule has 1 amide bonds. The van der Waals surface area contributed by atoms with Gasteiger partial charge in [-0.05, 0) is 0 Å². The maximum Gasteiger partial charge on any atom is 0.273 e. The number of likely N-dealkylation sites (tertiary alicyclic amines) is 1. The summed E-state index contributed by atoms with van der Waals surface area (Å²) in [5.74, 6) is 0.597. The van der Waals surface area contributed by atoms with Crippen molar-refractivity contribution in [1.29, 1.82) is 0 Å². The number of carbonyl (C=O) groups is 1. The fourth-order valence-electron chi connectivity index (χ4n) is 2.81. The molecule has 2 aromatic rings. The quantitative estimate of drug-likeness (QED) is 0.570. The van der Waals surface area contributed by atoms with Crippen molar-refractivity contribution in [3.05, 3.63) is 52.1 Å². The molecule has 2 heterocycles. The van der Waals surface area contributed by atoms with Gasteiger partial charge in [0.2, 0.25) is 17.7 Å². The van der Waals surface area contributed by atoms with Gasteiger partial charge in [-0.1, -0.05) is 18.2 Å². The zero-order chi connectivity index (χ0) is 18.5. The molecule has 1 fully saturated rings. The molecule has 0 saturated carbocycles. The molecule has 0 spiro atoms. The van der Waals surface area contributed by atoms with E-state index in [2.05, 4.69) is 10.2 Å². The van der Waals surface area contributed by atoms with E-state index in [0.29, 0.717) is 36.8 Å². The first kappa shape index (κ1) is 17.6. The van der Waals surface area contributed by atoms with Crippen molar-refractivity contribution in [1.82, 2.24) is 15.1 Å². The number of para-hydroxylation sites is 1. The number of methoxy groups -OCH3 is 1. The van der Waals surface area contributed by atoms with Crippen LogP contribution in [0.2, 0.25) is 0 Å².